The van der Waals surface area contributed by atoms with Crippen molar-refractivity contribution in [3.05, 3.63) is 18.0 Å². The smallest absolute Gasteiger partial charge is 0.0764 e. The van der Waals surface area contributed by atoms with Crippen molar-refractivity contribution in [1.82, 2.24) is 14.7 Å². The van der Waals surface area contributed by atoms with Crippen LogP contribution in [0.15, 0.2) is 12.3 Å². The number of aromatic nitrogens is 2. The number of rotatable bonds is 4. The van der Waals surface area contributed by atoms with Gasteiger partial charge in [-0.25, -0.2) is 0 Å². The lowest BCUT2D eigenvalue weighted by Gasteiger charge is -2.19. The van der Waals surface area contributed by atoms with Crippen molar-refractivity contribution in [1.29, 1.82) is 0 Å². The predicted octanol–water partition coefficient (Wildman–Crippen LogP) is 2.05. The van der Waals surface area contributed by atoms with Gasteiger partial charge in [-0.1, -0.05) is 0 Å². The number of halogens is 1. The van der Waals surface area contributed by atoms with Gasteiger partial charge in [-0.2, -0.15) is 5.10 Å². The third-order valence-corrected chi connectivity index (χ3v) is 3.68. The number of nitrogens with two attached hydrogens (primary N) is 1. The van der Waals surface area contributed by atoms with E-state index in [1.54, 1.807) is 0 Å². The number of hydrogen-bond donors (Lipinski definition) is 1. The second-order valence-corrected chi connectivity index (χ2v) is 5.50. The Bertz CT molecular complexity index is 364. The molecule has 0 amide bonds. The zero-order valence-corrected chi connectivity index (χ0v) is 12.4. The van der Waals surface area contributed by atoms with Crippen molar-refractivity contribution in [3.8, 4) is 0 Å². The van der Waals surface area contributed by atoms with E-state index < -0.39 is 0 Å². The molecule has 0 aromatic carbocycles. The van der Waals surface area contributed by atoms with Crippen molar-refractivity contribution >= 4 is 12.4 Å². The molecule has 4 nitrogen and oxygen atoms in total. The molecule has 2 N–H and O–H groups in total. The van der Waals surface area contributed by atoms with Gasteiger partial charge in [-0.05, 0) is 45.7 Å². The van der Waals surface area contributed by atoms with Crippen molar-refractivity contribution in [2.45, 2.75) is 45.8 Å². The van der Waals surface area contributed by atoms with E-state index >= 15 is 0 Å². The third kappa shape index (κ3) is 3.46. The summed E-state index contributed by atoms with van der Waals surface area (Å²) in [6.07, 6.45) is 3.29. The molecule has 18 heavy (non-hydrogen) atoms. The van der Waals surface area contributed by atoms with Crippen molar-refractivity contribution in [3.63, 3.8) is 0 Å². The van der Waals surface area contributed by atoms with E-state index in [9.17, 15) is 0 Å². The van der Waals surface area contributed by atoms with Crippen LogP contribution in [-0.4, -0.2) is 33.8 Å². The molecule has 0 spiro atoms. The maximum absolute atomic E-state index is 5.75. The Morgan fingerprint density at radius 2 is 2.22 bits per heavy atom. The number of hydrogen-bond acceptors (Lipinski definition) is 3. The second-order valence-electron chi connectivity index (χ2n) is 5.50. The number of nitrogens with zero attached hydrogens (tertiary/aromatic N) is 3. The fourth-order valence-corrected chi connectivity index (χ4v) is 2.57. The Morgan fingerprint density at radius 3 is 2.72 bits per heavy atom. The third-order valence-electron chi connectivity index (χ3n) is 3.68. The summed E-state index contributed by atoms with van der Waals surface area (Å²) in [5.74, 6) is 0.664. The van der Waals surface area contributed by atoms with E-state index in [1.165, 1.54) is 12.1 Å². The van der Waals surface area contributed by atoms with Crippen LogP contribution in [0.5, 0.6) is 0 Å². The normalized spacial score (nSPS) is 24.5. The van der Waals surface area contributed by atoms with E-state index in [2.05, 4.69) is 43.0 Å². The van der Waals surface area contributed by atoms with Crippen molar-refractivity contribution in [2.24, 2.45) is 11.7 Å². The van der Waals surface area contributed by atoms with E-state index in [4.69, 9.17) is 5.73 Å². The average Bonchev–Trinajstić information content (AvgIpc) is 2.87. The highest BCUT2D eigenvalue weighted by molar-refractivity contribution is 5.85. The van der Waals surface area contributed by atoms with Gasteiger partial charge in [-0.15, -0.1) is 12.4 Å². The first kappa shape index (κ1) is 15.5. The molecular weight excluding hydrogens is 248 g/mol. The van der Waals surface area contributed by atoms with Crippen LogP contribution < -0.4 is 5.73 Å². The van der Waals surface area contributed by atoms with Gasteiger partial charge in [0, 0.05) is 31.4 Å². The molecule has 1 aliphatic rings. The largest absolute Gasteiger partial charge is 0.330 e. The standard InChI is InChI=1S/C13H24N4.ClH/c1-10(2)17-5-4-13(15-17)9-16-8-12(7-14)6-11(16)3;/h4-5,10-12H,6-9,14H2,1-3H3;1H. The summed E-state index contributed by atoms with van der Waals surface area (Å²) in [5, 5.41) is 4.60. The van der Waals surface area contributed by atoms with Gasteiger partial charge < -0.3 is 5.73 Å². The maximum Gasteiger partial charge on any atom is 0.0764 e. The number of likely N-dealkylation sites (tertiary alicyclic amines) is 1. The molecule has 5 heteroatoms. The first-order valence-electron chi connectivity index (χ1n) is 6.58. The van der Waals surface area contributed by atoms with Gasteiger partial charge >= 0.3 is 0 Å². The molecular formula is C13H25ClN4. The minimum atomic E-state index is 0. The molecule has 2 unspecified atom stereocenters. The fraction of sp³-hybridized carbons (Fsp3) is 0.769. The van der Waals surface area contributed by atoms with Crippen LogP contribution in [0.1, 0.15) is 38.9 Å². The van der Waals surface area contributed by atoms with Gasteiger partial charge in [-0.3, -0.25) is 9.58 Å². The minimum Gasteiger partial charge on any atom is -0.330 e. The summed E-state index contributed by atoms with van der Waals surface area (Å²) >= 11 is 0. The topological polar surface area (TPSA) is 47.1 Å². The van der Waals surface area contributed by atoms with Crippen LogP contribution in [0.3, 0.4) is 0 Å². The minimum absolute atomic E-state index is 0. The van der Waals surface area contributed by atoms with Gasteiger partial charge in [0.25, 0.3) is 0 Å². The molecule has 1 aromatic heterocycles. The van der Waals surface area contributed by atoms with Crippen LogP contribution >= 0.6 is 12.4 Å². The Balaban J connectivity index is 0.00000162. The Hall–Kier alpha value is -0.580. The molecule has 104 valence electrons. The summed E-state index contributed by atoms with van der Waals surface area (Å²) in [5.41, 5.74) is 6.92. The van der Waals surface area contributed by atoms with E-state index in [0.717, 1.165) is 19.6 Å². The van der Waals surface area contributed by atoms with Crippen LogP contribution in [0.4, 0.5) is 0 Å². The van der Waals surface area contributed by atoms with E-state index in [-0.39, 0.29) is 12.4 Å². The summed E-state index contributed by atoms with van der Waals surface area (Å²) in [6.45, 7) is 9.47. The monoisotopic (exact) mass is 272 g/mol. The maximum atomic E-state index is 5.75. The molecule has 2 heterocycles. The lowest BCUT2D eigenvalue weighted by Crippen LogP contribution is -2.27. The highest BCUT2D eigenvalue weighted by atomic mass is 35.5. The molecule has 0 aliphatic carbocycles. The zero-order chi connectivity index (χ0) is 12.4. The van der Waals surface area contributed by atoms with Gasteiger partial charge in [0.05, 0.1) is 5.69 Å². The molecule has 1 saturated heterocycles. The highest BCUT2D eigenvalue weighted by Gasteiger charge is 2.28. The lowest BCUT2D eigenvalue weighted by molar-refractivity contribution is 0.251. The first-order valence-corrected chi connectivity index (χ1v) is 6.58. The van der Waals surface area contributed by atoms with Gasteiger partial charge in [0.1, 0.15) is 0 Å². The van der Waals surface area contributed by atoms with Gasteiger partial charge in [0.2, 0.25) is 0 Å². The van der Waals surface area contributed by atoms with Crippen LogP contribution in [0.2, 0.25) is 0 Å². The molecule has 2 atom stereocenters. The quantitative estimate of drug-likeness (QED) is 0.913. The van der Waals surface area contributed by atoms with E-state index in [0.29, 0.717) is 18.0 Å². The molecule has 1 aliphatic heterocycles. The van der Waals surface area contributed by atoms with Crippen molar-refractivity contribution in [2.75, 3.05) is 13.1 Å². The summed E-state index contributed by atoms with van der Waals surface area (Å²) in [7, 11) is 0. The lowest BCUT2D eigenvalue weighted by atomic mass is 10.1. The first-order chi connectivity index (χ1) is 8.10. The van der Waals surface area contributed by atoms with E-state index in [1.807, 2.05) is 4.68 Å². The molecule has 1 aromatic rings. The Labute approximate surface area is 116 Å². The average molecular weight is 273 g/mol. The molecule has 2 rings (SSSR count). The van der Waals surface area contributed by atoms with Crippen molar-refractivity contribution < 1.29 is 0 Å². The second kappa shape index (κ2) is 6.55. The van der Waals surface area contributed by atoms with Crippen LogP contribution in [0.25, 0.3) is 0 Å². The van der Waals surface area contributed by atoms with Gasteiger partial charge in [0.15, 0.2) is 0 Å². The summed E-state index contributed by atoms with van der Waals surface area (Å²) in [6, 6.07) is 3.20. The van der Waals surface area contributed by atoms with Crippen LogP contribution in [-0.2, 0) is 6.54 Å². The molecule has 1 fully saturated rings. The molecule has 0 radical (unpaired) electrons. The fourth-order valence-electron chi connectivity index (χ4n) is 2.57. The Morgan fingerprint density at radius 1 is 1.50 bits per heavy atom. The SMILES string of the molecule is CC1CC(CN)CN1Cc1ccn(C(C)C)n1.Cl. The highest BCUT2D eigenvalue weighted by Crippen LogP contribution is 2.23. The predicted molar refractivity (Wildman–Crippen MR) is 76.9 cm³/mol. The van der Waals surface area contributed by atoms with Crippen LogP contribution in [0, 0.1) is 5.92 Å². The zero-order valence-electron chi connectivity index (χ0n) is 11.5. The summed E-state index contributed by atoms with van der Waals surface area (Å²) < 4.78 is 2.02. The Kier molecular flexibility index (Phi) is 5.63. The molecule has 0 bridgehead atoms. The molecule has 0 saturated carbocycles. The summed E-state index contributed by atoms with van der Waals surface area (Å²) in [4.78, 5) is 2.49.